The monoisotopic (exact) mass is 266 g/mol. The quantitative estimate of drug-likeness (QED) is 0.855. The highest BCUT2D eigenvalue weighted by Gasteiger charge is 2.41. The predicted octanol–water partition coefficient (Wildman–Crippen LogP) is 3.63. The molecule has 0 radical (unpaired) electrons. The predicted molar refractivity (Wildman–Crippen MR) is 78.6 cm³/mol. The van der Waals surface area contributed by atoms with Crippen LogP contribution in [0.2, 0.25) is 0 Å². The number of ether oxygens (including phenoxy) is 1. The normalized spacial score (nSPS) is 27.6. The molecule has 2 aliphatic rings. The van der Waals surface area contributed by atoms with Gasteiger partial charge in [-0.05, 0) is 37.1 Å². The maximum absolute atomic E-state index is 6.03. The number of aromatic nitrogens is 1. The van der Waals surface area contributed by atoms with Gasteiger partial charge in [0.1, 0.15) is 0 Å². The zero-order valence-electron chi connectivity index (χ0n) is 11.5. The number of fused-ring (bicyclic) bond motifs is 3. The van der Waals surface area contributed by atoms with Gasteiger partial charge in [-0.1, -0.05) is 17.7 Å². The van der Waals surface area contributed by atoms with Gasteiger partial charge in [0.2, 0.25) is 0 Å². The lowest BCUT2D eigenvalue weighted by atomic mass is 9.81. The summed E-state index contributed by atoms with van der Waals surface area (Å²) in [6.45, 7) is 2.99. The third-order valence-electron chi connectivity index (χ3n) is 4.46. The minimum absolute atomic E-state index is 0.226. The van der Waals surface area contributed by atoms with Crippen molar-refractivity contribution in [1.82, 2.24) is 4.98 Å². The lowest BCUT2D eigenvalue weighted by Gasteiger charge is -2.36. The molecule has 0 spiro atoms. The molecule has 1 N–H and O–H groups in total. The van der Waals surface area contributed by atoms with Crippen LogP contribution in [-0.4, -0.2) is 11.6 Å². The van der Waals surface area contributed by atoms with Gasteiger partial charge in [0, 0.05) is 36.2 Å². The second-order valence-corrected chi connectivity index (χ2v) is 5.74. The molecule has 20 heavy (non-hydrogen) atoms. The van der Waals surface area contributed by atoms with Gasteiger partial charge in [-0.25, -0.2) is 0 Å². The maximum atomic E-state index is 6.03. The molecule has 3 atom stereocenters. The molecule has 1 fully saturated rings. The highest BCUT2D eigenvalue weighted by Crippen LogP contribution is 2.49. The van der Waals surface area contributed by atoms with Crippen LogP contribution in [0.25, 0.3) is 0 Å². The second kappa shape index (κ2) is 4.60. The molecule has 0 saturated carbocycles. The molecule has 1 aromatic heterocycles. The number of anilines is 1. The summed E-state index contributed by atoms with van der Waals surface area (Å²) in [6.07, 6.45) is 5.07. The molecule has 3 heterocycles. The number of nitrogens with one attached hydrogen (secondary N) is 1. The summed E-state index contributed by atoms with van der Waals surface area (Å²) in [5, 5.41) is 3.70. The van der Waals surface area contributed by atoms with Gasteiger partial charge < -0.3 is 10.1 Å². The topological polar surface area (TPSA) is 34.1 Å². The molecule has 2 aromatic rings. The van der Waals surface area contributed by atoms with E-state index in [0.29, 0.717) is 12.0 Å². The van der Waals surface area contributed by atoms with Crippen molar-refractivity contribution in [3.63, 3.8) is 0 Å². The first kappa shape index (κ1) is 11.9. The number of pyridine rings is 1. The fourth-order valence-electron chi connectivity index (χ4n) is 3.49. The Morgan fingerprint density at radius 1 is 1.20 bits per heavy atom. The molecule has 0 bridgehead atoms. The average molecular weight is 266 g/mol. The van der Waals surface area contributed by atoms with Crippen LogP contribution in [0.3, 0.4) is 0 Å². The van der Waals surface area contributed by atoms with Gasteiger partial charge >= 0.3 is 0 Å². The summed E-state index contributed by atoms with van der Waals surface area (Å²) in [4.78, 5) is 4.12. The number of hydrogen-bond acceptors (Lipinski definition) is 3. The number of benzene rings is 1. The molecule has 0 amide bonds. The van der Waals surface area contributed by atoms with Gasteiger partial charge in [-0.15, -0.1) is 0 Å². The summed E-state index contributed by atoms with van der Waals surface area (Å²) < 4.78 is 6.03. The van der Waals surface area contributed by atoms with Crippen LogP contribution in [0.5, 0.6) is 0 Å². The summed E-state index contributed by atoms with van der Waals surface area (Å²) in [6, 6.07) is 11.1. The summed E-state index contributed by atoms with van der Waals surface area (Å²) in [5.41, 5.74) is 5.12. The first-order valence-corrected chi connectivity index (χ1v) is 7.21. The second-order valence-electron chi connectivity index (χ2n) is 5.74. The molecule has 102 valence electrons. The van der Waals surface area contributed by atoms with Crippen LogP contribution in [0.4, 0.5) is 5.69 Å². The van der Waals surface area contributed by atoms with Gasteiger partial charge in [-0.3, -0.25) is 4.98 Å². The lowest BCUT2D eigenvalue weighted by Crippen LogP contribution is -2.29. The lowest BCUT2D eigenvalue weighted by molar-refractivity contribution is 0.0829. The largest absolute Gasteiger partial charge is 0.378 e. The van der Waals surface area contributed by atoms with Gasteiger partial charge in [0.25, 0.3) is 0 Å². The Hall–Kier alpha value is -1.87. The van der Waals surface area contributed by atoms with Crippen LogP contribution in [-0.2, 0) is 4.74 Å². The Labute approximate surface area is 119 Å². The van der Waals surface area contributed by atoms with Crippen molar-refractivity contribution in [2.45, 2.75) is 25.5 Å². The molecule has 0 aliphatic carbocycles. The van der Waals surface area contributed by atoms with Crippen molar-refractivity contribution in [3.05, 3.63) is 59.4 Å². The number of hydrogen-bond donors (Lipinski definition) is 1. The van der Waals surface area contributed by atoms with E-state index in [1.54, 1.807) is 0 Å². The Bertz CT molecular complexity index is 626. The van der Waals surface area contributed by atoms with E-state index < -0.39 is 0 Å². The molecule has 4 rings (SSSR count). The third-order valence-corrected chi connectivity index (χ3v) is 4.46. The van der Waals surface area contributed by atoms with Crippen molar-refractivity contribution in [1.29, 1.82) is 0 Å². The Balaban J connectivity index is 1.79. The Morgan fingerprint density at radius 3 is 2.90 bits per heavy atom. The van der Waals surface area contributed by atoms with Gasteiger partial charge in [-0.2, -0.15) is 0 Å². The van der Waals surface area contributed by atoms with Crippen molar-refractivity contribution >= 4 is 5.69 Å². The van der Waals surface area contributed by atoms with E-state index in [-0.39, 0.29) is 6.10 Å². The summed E-state index contributed by atoms with van der Waals surface area (Å²) in [5.74, 6) is 0.506. The molecule has 3 heteroatoms. The van der Waals surface area contributed by atoms with Crippen molar-refractivity contribution < 1.29 is 4.74 Å². The first-order chi connectivity index (χ1) is 9.83. The third kappa shape index (κ3) is 1.81. The van der Waals surface area contributed by atoms with Crippen LogP contribution in [0.15, 0.2) is 42.7 Å². The molecule has 0 unspecified atom stereocenters. The SMILES string of the molecule is Cc1ccc2c(c1)[C@H]1OCC[C@H]1[C@H](c1ccncc1)N2. The van der Waals surface area contributed by atoms with Crippen molar-refractivity contribution in [3.8, 4) is 0 Å². The van der Waals surface area contributed by atoms with E-state index in [4.69, 9.17) is 4.74 Å². The van der Waals surface area contributed by atoms with Crippen molar-refractivity contribution in [2.24, 2.45) is 5.92 Å². The van der Waals surface area contributed by atoms with E-state index >= 15 is 0 Å². The van der Waals surface area contributed by atoms with Gasteiger partial charge in [0.15, 0.2) is 0 Å². The van der Waals surface area contributed by atoms with Crippen LogP contribution in [0, 0.1) is 12.8 Å². The highest BCUT2D eigenvalue weighted by molar-refractivity contribution is 5.58. The molecular weight excluding hydrogens is 248 g/mol. The van der Waals surface area contributed by atoms with Crippen LogP contribution >= 0.6 is 0 Å². The molecular formula is C17H18N2O. The molecule has 3 nitrogen and oxygen atoms in total. The smallest absolute Gasteiger partial charge is 0.0896 e. The zero-order chi connectivity index (χ0) is 13.5. The maximum Gasteiger partial charge on any atom is 0.0896 e. The summed E-state index contributed by atoms with van der Waals surface area (Å²) in [7, 11) is 0. The fraction of sp³-hybridized carbons (Fsp3) is 0.353. The van der Waals surface area contributed by atoms with E-state index in [2.05, 4.69) is 47.6 Å². The number of rotatable bonds is 1. The number of nitrogens with zero attached hydrogens (tertiary/aromatic N) is 1. The van der Waals surface area contributed by atoms with Crippen LogP contribution < -0.4 is 5.32 Å². The van der Waals surface area contributed by atoms with E-state index in [1.807, 2.05) is 12.4 Å². The highest BCUT2D eigenvalue weighted by atomic mass is 16.5. The number of aryl methyl sites for hydroxylation is 1. The van der Waals surface area contributed by atoms with Gasteiger partial charge in [0.05, 0.1) is 12.1 Å². The Morgan fingerprint density at radius 2 is 2.05 bits per heavy atom. The molecule has 1 saturated heterocycles. The summed E-state index contributed by atoms with van der Waals surface area (Å²) >= 11 is 0. The zero-order valence-corrected chi connectivity index (χ0v) is 11.5. The standard InChI is InChI=1S/C17H18N2O/c1-11-2-3-15-14(10-11)17-13(6-9-20-17)16(19-15)12-4-7-18-8-5-12/h2-5,7-8,10,13,16-17,19H,6,9H2,1H3/t13-,16-,17-/m0/s1. The van der Waals surface area contributed by atoms with E-state index in [9.17, 15) is 0 Å². The fourth-order valence-corrected chi connectivity index (χ4v) is 3.49. The molecule has 1 aromatic carbocycles. The van der Waals surface area contributed by atoms with Crippen LogP contribution in [0.1, 0.15) is 35.3 Å². The van der Waals surface area contributed by atoms with E-state index in [1.165, 1.54) is 22.4 Å². The first-order valence-electron chi connectivity index (χ1n) is 7.21. The van der Waals surface area contributed by atoms with E-state index in [0.717, 1.165) is 13.0 Å². The minimum atomic E-state index is 0.226. The Kier molecular flexibility index (Phi) is 2.74. The minimum Gasteiger partial charge on any atom is -0.378 e. The molecule has 2 aliphatic heterocycles. The van der Waals surface area contributed by atoms with Crippen molar-refractivity contribution in [2.75, 3.05) is 11.9 Å². The average Bonchev–Trinajstić information content (AvgIpc) is 2.97.